The second kappa shape index (κ2) is 10.1. The van der Waals surface area contributed by atoms with Crippen LogP contribution in [-0.2, 0) is 28.9 Å². The largest absolute Gasteiger partial charge is 0.383 e. The van der Waals surface area contributed by atoms with Gasteiger partial charge in [-0.25, -0.2) is 4.98 Å². The molecule has 31 heavy (non-hydrogen) atoms. The summed E-state index contributed by atoms with van der Waals surface area (Å²) in [4.78, 5) is 20.6. The van der Waals surface area contributed by atoms with Crippen molar-refractivity contribution >= 4 is 22.6 Å². The molecule has 0 spiro atoms. The van der Waals surface area contributed by atoms with E-state index in [1.54, 1.807) is 7.11 Å². The van der Waals surface area contributed by atoms with Gasteiger partial charge in [0, 0.05) is 13.5 Å². The van der Waals surface area contributed by atoms with Gasteiger partial charge in [0.15, 0.2) is 0 Å². The predicted molar refractivity (Wildman–Crippen MR) is 128 cm³/mol. The minimum Gasteiger partial charge on any atom is -0.383 e. The van der Waals surface area contributed by atoms with Crippen LogP contribution >= 0.6 is 0 Å². The van der Waals surface area contributed by atoms with Gasteiger partial charge in [0.25, 0.3) is 0 Å². The van der Waals surface area contributed by atoms with Crippen LogP contribution in [0.4, 0.5) is 5.69 Å². The molecule has 166 valence electrons. The molecule has 3 aromatic rings. The third-order valence-corrected chi connectivity index (χ3v) is 5.68. The number of benzene rings is 2. The Morgan fingerprint density at radius 2 is 1.87 bits per heavy atom. The number of para-hydroxylation sites is 3. The van der Waals surface area contributed by atoms with E-state index < -0.39 is 0 Å². The molecule has 1 aromatic heterocycles. The summed E-state index contributed by atoms with van der Waals surface area (Å²) in [5, 5.41) is 0. The monoisotopic (exact) mass is 421 g/mol. The zero-order valence-corrected chi connectivity index (χ0v) is 19.7. The molecule has 1 atom stereocenters. The second-order valence-electron chi connectivity index (χ2n) is 8.71. The Kier molecular flexibility index (Phi) is 7.50. The van der Waals surface area contributed by atoms with E-state index in [0.29, 0.717) is 12.5 Å². The van der Waals surface area contributed by atoms with Gasteiger partial charge >= 0.3 is 0 Å². The third kappa shape index (κ3) is 4.99. The molecule has 0 aliphatic carbocycles. The highest BCUT2D eigenvalue weighted by Crippen LogP contribution is 2.29. The number of carbonyl (C=O) groups is 1. The number of hydrogen-bond acceptors (Lipinski definition) is 3. The number of ether oxygens (including phenoxy) is 1. The van der Waals surface area contributed by atoms with Crippen molar-refractivity contribution in [1.29, 1.82) is 0 Å². The van der Waals surface area contributed by atoms with Gasteiger partial charge in [0.2, 0.25) is 5.91 Å². The highest BCUT2D eigenvalue weighted by atomic mass is 16.5. The summed E-state index contributed by atoms with van der Waals surface area (Å²) in [5.41, 5.74) is 5.23. The SMILES string of the molecule is CCc1cccc(C)c1N(C(=O)Cn1c(CC(C)C)nc2ccccc21)[C@@H](C)COC. The summed E-state index contributed by atoms with van der Waals surface area (Å²) >= 11 is 0. The molecule has 1 heterocycles. The Morgan fingerprint density at radius 3 is 2.55 bits per heavy atom. The summed E-state index contributed by atoms with van der Waals surface area (Å²) in [6.45, 7) is 11.4. The van der Waals surface area contributed by atoms with Crippen molar-refractivity contribution in [3.8, 4) is 0 Å². The minimum atomic E-state index is -0.0766. The lowest BCUT2D eigenvalue weighted by Gasteiger charge is -2.32. The van der Waals surface area contributed by atoms with Gasteiger partial charge in [-0.1, -0.05) is 51.1 Å². The highest BCUT2D eigenvalue weighted by molar-refractivity contribution is 5.96. The molecule has 5 nitrogen and oxygen atoms in total. The minimum absolute atomic E-state index is 0.0571. The molecule has 0 unspecified atom stereocenters. The summed E-state index contributed by atoms with van der Waals surface area (Å²) in [6, 6.07) is 14.2. The van der Waals surface area contributed by atoms with Gasteiger partial charge in [-0.3, -0.25) is 4.79 Å². The van der Waals surface area contributed by atoms with E-state index in [0.717, 1.165) is 41.0 Å². The number of methoxy groups -OCH3 is 1. The first-order valence-electron chi connectivity index (χ1n) is 11.2. The van der Waals surface area contributed by atoms with E-state index in [-0.39, 0.29) is 18.5 Å². The van der Waals surface area contributed by atoms with Crippen LogP contribution in [0.2, 0.25) is 0 Å². The van der Waals surface area contributed by atoms with Crippen molar-refractivity contribution in [2.24, 2.45) is 5.92 Å². The Labute approximate surface area is 186 Å². The summed E-state index contributed by atoms with van der Waals surface area (Å²) < 4.78 is 7.53. The van der Waals surface area contributed by atoms with Gasteiger partial charge in [-0.05, 0) is 49.4 Å². The van der Waals surface area contributed by atoms with Crippen LogP contribution in [0.1, 0.15) is 44.6 Å². The lowest BCUT2D eigenvalue weighted by Crippen LogP contribution is -2.44. The lowest BCUT2D eigenvalue weighted by atomic mass is 10.0. The van der Waals surface area contributed by atoms with Crippen LogP contribution in [0.25, 0.3) is 11.0 Å². The number of nitrogens with zero attached hydrogens (tertiary/aromatic N) is 3. The first-order valence-corrected chi connectivity index (χ1v) is 11.2. The number of fused-ring (bicyclic) bond motifs is 1. The van der Waals surface area contributed by atoms with Gasteiger partial charge in [-0.2, -0.15) is 0 Å². The van der Waals surface area contributed by atoms with Crippen molar-refractivity contribution < 1.29 is 9.53 Å². The molecule has 0 aliphatic rings. The van der Waals surface area contributed by atoms with Gasteiger partial charge in [0.05, 0.1) is 29.4 Å². The van der Waals surface area contributed by atoms with Crippen LogP contribution in [0, 0.1) is 12.8 Å². The molecule has 0 radical (unpaired) electrons. The van der Waals surface area contributed by atoms with E-state index >= 15 is 0 Å². The second-order valence-corrected chi connectivity index (χ2v) is 8.71. The zero-order chi connectivity index (χ0) is 22.5. The standard InChI is InChI=1S/C26H35N3O2/c1-7-21-12-10-11-19(4)26(21)29(20(5)17-31-6)25(30)16-28-23-14-9-8-13-22(23)27-24(28)15-18(2)3/h8-14,18,20H,7,15-17H2,1-6H3/t20-/m0/s1. The third-order valence-electron chi connectivity index (χ3n) is 5.68. The lowest BCUT2D eigenvalue weighted by molar-refractivity contribution is -0.119. The highest BCUT2D eigenvalue weighted by Gasteiger charge is 2.27. The molecule has 0 bridgehead atoms. The summed E-state index contributed by atoms with van der Waals surface area (Å²) in [6.07, 6.45) is 1.70. The van der Waals surface area contributed by atoms with Crippen molar-refractivity contribution in [2.75, 3.05) is 18.6 Å². The first kappa shape index (κ1) is 23.0. The van der Waals surface area contributed by atoms with Gasteiger partial charge in [-0.15, -0.1) is 0 Å². The fraction of sp³-hybridized carbons (Fsp3) is 0.462. The van der Waals surface area contributed by atoms with Crippen molar-refractivity contribution in [1.82, 2.24) is 9.55 Å². The summed E-state index contributed by atoms with van der Waals surface area (Å²) in [5.74, 6) is 1.48. The predicted octanol–water partition coefficient (Wildman–Crippen LogP) is 5.17. The average molecular weight is 422 g/mol. The van der Waals surface area contributed by atoms with Crippen molar-refractivity contribution in [3.05, 3.63) is 59.4 Å². The van der Waals surface area contributed by atoms with Crippen molar-refractivity contribution in [3.63, 3.8) is 0 Å². The molecule has 0 saturated heterocycles. The van der Waals surface area contributed by atoms with E-state index in [4.69, 9.17) is 9.72 Å². The quantitative estimate of drug-likeness (QED) is 0.479. The molecular formula is C26H35N3O2. The maximum atomic E-state index is 13.9. The number of aryl methyl sites for hydroxylation is 2. The molecule has 3 rings (SSSR count). The fourth-order valence-corrected chi connectivity index (χ4v) is 4.29. The van der Waals surface area contributed by atoms with Crippen LogP contribution in [0.3, 0.4) is 0 Å². The van der Waals surface area contributed by atoms with Gasteiger partial charge in [0.1, 0.15) is 12.4 Å². The maximum absolute atomic E-state index is 13.9. The van der Waals surface area contributed by atoms with E-state index in [1.807, 2.05) is 36.1 Å². The summed E-state index contributed by atoms with van der Waals surface area (Å²) in [7, 11) is 1.68. The fourth-order valence-electron chi connectivity index (χ4n) is 4.29. The number of aromatic nitrogens is 2. The molecular weight excluding hydrogens is 386 g/mol. The van der Waals surface area contributed by atoms with Crippen LogP contribution in [-0.4, -0.2) is 35.2 Å². The number of imidazole rings is 1. The normalized spacial score (nSPS) is 12.5. The van der Waals surface area contributed by atoms with Crippen LogP contribution in [0.15, 0.2) is 42.5 Å². The Morgan fingerprint density at radius 1 is 1.13 bits per heavy atom. The van der Waals surface area contributed by atoms with Gasteiger partial charge < -0.3 is 14.2 Å². The number of rotatable bonds is 9. The molecule has 5 heteroatoms. The molecule has 0 saturated carbocycles. The molecule has 2 aromatic carbocycles. The van der Waals surface area contributed by atoms with Crippen molar-refractivity contribution in [2.45, 2.75) is 60.0 Å². The molecule has 0 fully saturated rings. The number of amides is 1. The van der Waals surface area contributed by atoms with E-state index in [2.05, 4.69) is 50.5 Å². The molecule has 0 N–H and O–H groups in total. The van der Waals surface area contributed by atoms with E-state index in [1.165, 1.54) is 5.56 Å². The topological polar surface area (TPSA) is 47.4 Å². The molecule has 1 amide bonds. The number of carbonyl (C=O) groups excluding carboxylic acids is 1. The zero-order valence-electron chi connectivity index (χ0n) is 19.7. The van der Waals surface area contributed by atoms with Crippen LogP contribution in [0.5, 0.6) is 0 Å². The Hall–Kier alpha value is -2.66. The van der Waals surface area contributed by atoms with Crippen LogP contribution < -0.4 is 4.90 Å². The first-order chi connectivity index (χ1) is 14.9. The Bertz CT molecular complexity index is 1040. The smallest absolute Gasteiger partial charge is 0.247 e. The number of anilines is 1. The average Bonchev–Trinajstić information content (AvgIpc) is 3.06. The van der Waals surface area contributed by atoms with E-state index in [9.17, 15) is 4.79 Å². The maximum Gasteiger partial charge on any atom is 0.247 e. The number of hydrogen-bond donors (Lipinski definition) is 0. The molecule has 0 aliphatic heterocycles. The Balaban J connectivity index is 2.06.